The molecule has 0 spiro atoms. The number of rotatable bonds is 4. The number of hydrogen-bond donors (Lipinski definition) is 1. The zero-order valence-electron chi connectivity index (χ0n) is 10.6. The Labute approximate surface area is 127 Å². The number of aryl methyl sites for hydroxylation is 1. The number of hydrazone groups is 1. The van der Waals surface area contributed by atoms with Gasteiger partial charge in [-0.1, -0.05) is 15.9 Å². The summed E-state index contributed by atoms with van der Waals surface area (Å²) < 4.78 is 14.1. The molecule has 1 N–H and O–H groups in total. The molecule has 2 aromatic rings. The van der Waals surface area contributed by atoms with E-state index in [1.807, 2.05) is 12.3 Å². The van der Waals surface area contributed by atoms with Crippen molar-refractivity contribution in [2.75, 3.05) is 0 Å². The minimum atomic E-state index is -0.409. The number of nitrogens with one attached hydrogen (secondary N) is 1. The van der Waals surface area contributed by atoms with E-state index >= 15 is 0 Å². The molecule has 1 amide bonds. The molecule has 1 aromatic carbocycles. The molecule has 0 aliphatic carbocycles. The first-order valence-electron chi connectivity index (χ1n) is 5.72. The van der Waals surface area contributed by atoms with Gasteiger partial charge in [-0.25, -0.2) is 14.8 Å². The molecule has 2 rings (SSSR count). The second-order valence-electron chi connectivity index (χ2n) is 4.02. The Morgan fingerprint density at radius 3 is 3.05 bits per heavy atom. The summed E-state index contributed by atoms with van der Waals surface area (Å²) in [6.45, 7) is 1.87. The van der Waals surface area contributed by atoms with Crippen molar-refractivity contribution in [1.29, 1.82) is 0 Å². The Balaban J connectivity index is 1.91. The molecular weight excluding hydrogens is 345 g/mol. The van der Waals surface area contributed by atoms with E-state index in [0.29, 0.717) is 10.0 Å². The Morgan fingerprint density at radius 1 is 1.60 bits per heavy atom. The van der Waals surface area contributed by atoms with Crippen LogP contribution in [0.5, 0.6) is 0 Å². The number of hydrogen-bond acceptors (Lipinski definition) is 4. The molecule has 0 saturated heterocycles. The first kappa shape index (κ1) is 14.8. The van der Waals surface area contributed by atoms with Gasteiger partial charge >= 0.3 is 0 Å². The summed E-state index contributed by atoms with van der Waals surface area (Å²) in [7, 11) is 0. The Morgan fingerprint density at radius 2 is 2.40 bits per heavy atom. The third-order valence-corrected chi connectivity index (χ3v) is 3.79. The number of thiazole rings is 1. The maximum Gasteiger partial charge on any atom is 0.246 e. The van der Waals surface area contributed by atoms with E-state index in [0.717, 1.165) is 10.7 Å². The van der Waals surface area contributed by atoms with Crippen molar-refractivity contribution in [3.8, 4) is 0 Å². The van der Waals surface area contributed by atoms with E-state index in [4.69, 9.17) is 0 Å². The summed E-state index contributed by atoms with van der Waals surface area (Å²) in [4.78, 5) is 15.8. The van der Waals surface area contributed by atoms with Crippen LogP contribution in [0.3, 0.4) is 0 Å². The minimum absolute atomic E-state index is 0.165. The average Bonchev–Trinajstić information content (AvgIpc) is 2.77. The molecule has 0 unspecified atom stereocenters. The van der Waals surface area contributed by atoms with Gasteiger partial charge in [-0.15, -0.1) is 11.3 Å². The normalized spacial score (nSPS) is 10.9. The zero-order valence-corrected chi connectivity index (χ0v) is 13.0. The number of benzene rings is 1. The lowest BCUT2D eigenvalue weighted by atomic mass is 10.2. The minimum Gasteiger partial charge on any atom is -0.273 e. The van der Waals surface area contributed by atoms with Crippen molar-refractivity contribution < 1.29 is 9.18 Å². The third kappa shape index (κ3) is 4.21. The topological polar surface area (TPSA) is 54.4 Å². The lowest BCUT2D eigenvalue weighted by Crippen LogP contribution is -2.19. The summed E-state index contributed by atoms with van der Waals surface area (Å²) in [6.07, 6.45) is 1.44. The highest BCUT2D eigenvalue weighted by Gasteiger charge is 2.05. The molecule has 0 aliphatic rings. The molecular formula is C13H11BrFN3OS. The van der Waals surface area contributed by atoms with Crippen LogP contribution >= 0.6 is 27.3 Å². The second-order valence-corrected chi connectivity index (χ2v) is 5.88. The first-order chi connectivity index (χ1) is 9.54. The number of aromatic nitrogens is 1. The van der Waals surface area contributed by atoms with E-state index < -0.39 is 5.82 Å². The van der Waals surface area contributed by atoms with Crippen LogP contribution in [0.1, 0.15) is 16.3 Å². The number of amides is 1. The SMILES string of the molecule is Cc1csc(CC(=O)N/N=C\c2ccc(Br)cc2F)n1. The van der Waals surface area contributed by atoms with E-state index in [2.05, 4.69) is 31.4 Å². The Kier molecular flexibility index (Phi) is 4.97. The highest BCUT2D eigenvalue weighted by atomic mass is 79.9. The molecule has 0 aliphatic heterocycles. The van der Waals surface area contributed by atoms with Crippen LogP contribution in [0.15, 0.2) is 33.2 Å². The molecule has 4 nitrogen and oxygen atoms in total. The zero-order chi connectivity index (χ0) is 14.5. The summed E-state index contributed by atoms with van der Waals surface area (Å²) in [5, 5.41) is 6.34. The van der Waals surface area contributed by atoms with Crippen LogP contribution in [0.2, 0.25) is 0 Å². The van der Waals surface area contributed by atoms with Gasteiger partial charge in [0.25, 0.3) is 0 Å². The summed E-state index contributed by atoms with van der Waals surface area (Å²) in [6, 6.07) is 4.60. The molecule has 1 heterocycles. The Bertz CT molecular complexity index is 657. The monoisotopic (exact) mass is 355 g/mol. The van der Waals surface area contributed by atoms with Crippen molar-refractivity contribution >= 4 is 39.4 Å². The first-order valence-corrected chi connectivity index (χ1v) is 7.40. The molecule has 0 atom stereocenters. The highest BCUT2D eigenvalue weighted by molar-refractivity contribution is 9.10. The molecule has 0 bridgehead atoms. The molecule has 0 fully saturated rings. The van der Waals surface area contributed by atoms with Crippen molar-refractivity contribution in [1.82, 2.24) is 10.4 Å². The van der Waals surface area contributed by atoms with Gasteiger partial charge in [0, 0.05) is 21.1 Å². The smallest absolute Gasteiger partial charge is 0.246 e. The molecule has 0 saturated carbocycles. The van der Waals surface area contributed by atoms with Gasteiger partial charge < -0.3 is 0 Å². The summed E-state index contributed by atoms with van der Waals surface area (Å²) >= 11 is 4.59. The van der Waals surface area contributed by atoms with Gasteiger partial charge in [-0.3, -0.25) is 4.79 Å². The van der Waals surface area contributed by atoms with Crippen molar-refractivity contribution in [2.45, 2.75) is 13.3 Å². The Hall–Kier alpha value is -1.60. The van der Waals surface area contributed by atoms with E-state index in [9.17, 15) is 9.18 Å². The van der Waals surface area contributed by atoms with Crippen LogP contribution in [-0.4, -0.2) is 17.1 Å². The summed E-state index contributed by atoms with van der Waals surface area (Å²) in [5.41, 5.74) is 3.54. The van der Waals surface area contributed by atoms with Gasteiger partial charge in [-0.2, -0.15) is 5.10 Å². The number of carbonyl (C=O) groups is 1. The fraction of sp³-hybridized carbons (Fsp3) is 0.154. The highest BCUT2D eigenvalue weighted by Crippen LogP contribution is 2.13. The number of halogens is 2. The second kappa shape index (κ2) is 6.71. The maximum atomic E-state index is 13.5. The predicted octanol–water partition coefficient (Wildman–Crippen LogP) is 3.05. The van der Waals surface area contributed by atoms with Gasteiger partial charge in [0.1, 0.15) is 10.8 Å². The molecule has 7 heteroatoms. The van der Waals surface area contributed by atoms with Gasteiger partial charge in [0.2, 0.25) is 5.91 Å². The van der Waals surface area contributed by atoms with Crippen molar-refractivity contribution in [3.05, 3.63) is 50.1 Å². The van der Waals surface area contributed by atoms with E-state index in [1.54, 1.807) is 12.1 Å². The van der Waals surface area contributed by atoms with Crippen LogP contribution in [-0.2, 0) is 11.2 Å². The number of nitrogens with zero attached hydrogens (tertiary/aromatic N) is 2. The fourth-order valence-corrected chi connectivity index (χ4v) is 2.54. The van der Waals surface area contributed by atoms with Crippen LogP contribution in [0, 0.1) is 12.7 Å². The standard InChI is InChI=1S/C13H11BrFN3OS/c1-8-7-20-13(17-8)5-12(19)18-16-6-9-2-3-10(14)4-11(9)15/h2-4,6-7H,5H2,1H3,(H,18,19)/b16-6-. The lowest BCUT2D eigenvalue weighted by molar-refractivity contribution is -0.120. The fourth-order valence-electron chi connectivity index (χ4n) is 1.44. The lowest BCUT2D eigenvalue weighted by Gasteiger charge is -1.98. The quantitative estimate of drug-likeness (QED) is 0.676. The maximum absolute atomic E-state index is 13.5. The molecule has 1 aromatic heterocycles. The molecule has 0 radical (unpaired) electrons. The predicted molar refractivity (Wildman–Crippen MR) is 80.4 cm³/mol. The average molecular weight is 356 g/mol. The number of carbonyl (C=O) groups excluding carboxylic acids is 1. The largest absolute Gasteiger partial charge is 0.273 e. The van der Waals surface area contributed by atoms with Gasteiger partial charge in [0.15, 0.2) is 0 Å². The van der Waals surface area contributed by atoms with Crippen LogP contribution < -0.4 is 5.43 Å². The van der Waals surface area contributed by atoms with Crippen LogP contribution in [0.25, 0.3) is 0 Å². The summed E-state index contributed by atoms with van der Waals surface area (Å²) in [5.74, 6) is -0.693. The van der Waals surface area contributed by atoms with Crippen LogP contribution in [0.4, 0.5) is 4.39 Å². The molecule has 104 valence electrons. The molecule has 20 heavy (non-hydrogen) atoms. The van der Waals surface area contributed by atoms with Crippen molar-refractivity contribution in [2.24, 2.45) is 5.10 Å². The van der Waals surface area contributed by atoms with Gasteiger partial charge in [-0.05, 0) is 25.1 Å². The van der Waals surface area contributed by atoms with E-state index in [1.165, 1.54) is 23.6 Å². The third-order valence-electron chi connectivity index (χ3n) is 2.33. The van der Waals surface area contributed by atoms with Crippen molar-refractivity contribution in [3.63, 3.8) is 0 Å². The van der Waals surface area contributed by atoms with E-state index in [-0.39, 0.29) is 12.3 Å². The van der Waals surface area contributed by atoms with Gasteiger partial charge in [0.05, 0.1) is 12.6 Å².